The number of nitrogens with zero attached hydrogens (tertiary/aromatic N) is 4. The standard InChI is InChI=1S/C54H32N4O/c1-3-13-33(14-4-1)34-23-26-37(27-24-34)57-45-21-11-9-19-39(45)41-28-29-43-49-46(32-30-42-40-20-10-12-22-47(40)59-53(42)49)58(52(43)51(41)57)54-55-44-31-25-35-15-7-8-18-38(35)48(44)50(56-54)36-16-5-2-6-17-36/h1-32H. The van der Waals surface area contributed by atoms with Gasteiger partial charge in [0.1, 0.15) is 11.2 Å². The van der Waals surface area contributed by atoms with Crippen molar-refractivity contribution in [2.75, 3.05) is 0 Å². The van der Waals surface area contributed by atoms with Crippen molar-refractivity contribution in [1.82, 2.24) is 19.1 Å². The van der Waals surface area contributed by atoms with E-state index in [0.29, 0.717) is 5.95 Å². The lowest BCUT2D eigenvalue weighted by Gasteiger charge is -2.15. The molecule has 0 fully saturated rings. The topological polar surface area (TPSA) is 48.8 Å². The molecule has 13 aromatic rings. The Hall–Kier alpha value is -8.02. The molecule has 4 aromatic heterocycles. The minimum absolute atomic E-state index is 0.603. The molecule has 0 bridgehead atoms. The van der Waals surface area contributed by atoms with E-state index in [2.05, 4.69) is 197 Å². The van der Waals surface area contributed by atoms with Gasteiger partial charge in [-0.15, -0.1) is 0 Å². The van der Waals surface area contributed by atoms with Gasteiger partial charge in [0.05, 0.1) is 38.7 Å². The molecule has 4 heterocycles. The zero-order valence-corrected chi connectivity index (χ0v) is 31.7. The Bertz CT molecular complexity index is 3820. The Morgan fingerprint density at radius 2 is 1.02 bits per heavy atom. The summed E-state index contributed by atoms with van der Waals surface area (Å²) in [6, 6.07) is 68.8. The summed E-state index contributed by atoms with van der Waals surface area (Å²) in [6.07, 6.45) is 0. The van der Waals surface area contributed by atoms with Crippen LogP contribution in [0.1, 0.15) is 0 Å². The van der Waals surface area contributed by atoms with E-state index < -0.39 is 0 Å². The van der Waals surface area contributed by atoms with E-state index in [1.807, 2.05) is 6.07 Å². The van der Waals surface area contributed by atoms with E-state index in [9.17, 15) is 0 Å². The Balaban J connectivity index is 1.22. The molecule has 0 atom stereocenters. The van der Waals surface area contributed by atoms with Crippen LogP contribution in [0, 0.1) is 0 Å². The number of para-hydroxylation sites is 2. The Morgan fingerprint density at radius 1 is 0.373 bits per heavy atom. The van der Waals surface area contributed by atoms with Crippen LogP contribution in [0.2, 0.25) is 0 Å². The monoisotopic (exact) mass is 752 g/mol. The van der Waals surface area contributed by atoms with Gasteiger partial charge in [-0.2, -0.15) is 0 Å². The lowest BCUT2D eigenvalue weighted by atomic mass is 10.0. The predicted octanol–water partition coefficient (Wildman–Crippen LogP) is 14.2. The van der Waals surface area contributed by atoms with Crippen LogP contribution in [-0.2, 0) is 0 Å². The molecule has 0 N–H and O–H groups in total. The maximum Gasteiger partial charge on any atom is 0.235 e. The van der Waals surface area contributed by atoms with Gasteiger partial charge >= 0.3 is 0 Å². The van der Waals surface area contributed by atoms with Crippen molar-refractivity contribution >= 4 is 87.2 Å². The number of furan rings is 1. The van der Waals surface area contributed by atoms with Crippen LogP contribution in [0.25, 0.3) is 121 Å². The second-order valence-electron chi connectivity index (χ2n) is 15.3. The smallest absolute Gasteiger partial charge is 0.235 e. The first-order chi connectivity index (χ1) is 29.3. The summed E-state index contributed by atoms with van der Waals surface area (Å²) in [4.78, 5) is 11.1. The summed E-state index contributed by atoms with van der Waals surface area (Å²) in [6.45, 7) is 0. The van der Waals surface area contributed by atoms with E-state index in [1.54, 1.807) is 0 Å². The molecule has 9 aromatic carbocycles. The van der Waals surface area contributed by atoms with Crippen molar-refractivity contribution in [3.05, 3.63) is 194 Å². The van der Waals surface area contributed by atoms with Gasteiger partial charge in [0.25, 0.3) is 0 Å². The Morgan fingerprint density at radius 3 is 1.85 bits per heavy atom. The fourth-order valence-corrected chi connectivity index (χ4v) is 9.52. The largest absolute Gasteiger partial charge is 0.455 e. The van der Waals surface area contributed by atoms with Crippen LogP contribution in [0.15, 0.2) is 199 Å². The third-order valence-electron chi connectivity index (χ3n) is 12.1. The quantitative estimate of drug-likeness (QED) is 0.168. The lowest BCUT2D eigenvalue weighted by molar-refractivity contribution is 0.673. The molecule has 0 aliphatic heterocycles. The molecule has 5 heteroatoms. The zero-order valence-electron chi connectivity index (χ0n) is 31.7. The molecule has 5 nitrogen and oxygen atoms in total. The molecule has 0 aliphatic rings. The number of benzene rings is 9. The maximum atomic E-state index is 6.81. The van der Waals surface area contributed by atoms with E-state index in [1.165, 1.54) is 16.5 Å². The molecule has 0 aliphatic carbocycles. The molecule has 274 valence electrons. The maximum absolute atomic E-state index is 6.81. The van der Waals surface area contributed by atoms with E-state index in [-0.39, 0.29) is 0 Å². The third kappa shape index (κ3) is 4.61. The minimum atomic E-state index is 0.603. The number of hydrogen-bond acceptors (Lipinski definition) is 3. The Labute approximate surface area is 337 Å². The summed E-state index contributed by atoms with van der Waals surface area (Å²) in [5, 5.41) is 9.94. The van der Waals surface area contributed by atoms with Crippen LogP contribution in [-0.4, -0.2) is 19.1 Å². The van der Waals surface area contributed by atoms with E-state index in [4.69, 9.17) is 14.4 Å². The molecule has 13 rings (SSSR count). The normalized spacial score (nSPS) is 12.1. The number of rotatable bonds is 4. The summed E-state index contributed by atoms with van der Waals surface area (Å²) >= 11 is 0. The van der Waals surface area contributed by atoms with Gasteiger partial charge in [0.2, 0.25) is 5.95 Å². The average molecular weight is 753 g/mol. The van der Waals surface area contributed by atoms with Gasteiger partial charge in [0, 0.05) is 43.6 Å². The first-order valence-electron chi connectivity index (χ1n) is 20.0. The molecular formula is C54H32N4O. The molecule has 59 heavy (non-hydrogen) atoms. The zero-order chi connectivity index (χ0) is 38.6. The van der Waals surface area contributed by atoms with E-state index >= 15 is 0 Å². The van der Waals surface area contributed by atoms with Crippen LogP contribution in [0.5, 0.6) is 0 Å². The van der Waals surface area contributed by atoms with Crippen molar-refractivity contribution in [2.24, 2.45) is 0 Å². The lowest BCUT2D eigenvalue weighted by Crippen LogP contribution is -2.05. The highest BCUT2D eigenvalue weighted by Crippen LogP contribution is 2.45. The van der Waals surface area contributed by atoms with Crippen molar-refractivity contribution < 1.29 is 4.42 Å². The summed E-state index contributed by atoms with van der Waals surface area (Å²) < 4.78 is 11.5. The first kappa shape index (κ1) is 32.1. The van der Waals surface area contributed by atoms with Crippen molar-refractivity contribution in [1.29, 1.82) is 0 Å². The van der Waals surface area contributed by atoms with Crippen LogP contribution in [0.3, 0.4) is 0 Å². The number of aromatic nitrogens is 4. The average Bonchev–Trinajstić information content (AvgIpc) is 3.97. The summed E-state index contributed by atoms with van der Waals surface area (Å²) in [5.41, 5.74) is 12.2. The molecule has 0 amide bonds. The highest BCUT2D eigenvalue weighted by Gasteiger charge is 2.26. The number of hydrogen-bond donors (Lipinski definition) is 0. The first-order valence-corrected chi connectivity index (χ1v) is 20.0. The molecule has 0 radical (unpaired) electrons. The van der Waals surface area contributed by atoms with Crippen molar-refractivity contribution in [3.8, 4) is 34.0 Å². The van der Waals surface area contributed by atoms with Crippen molar-refractivity contribution in [3.63, 3.8) is 0 Å². The molecule has 0 unspecified atom stereocenters. The van der Waals surface area contributed by atoms with Gasteiger partial charge in [-0.05, 0) is 64.4 Å². The van der Waals surface area contributed by atoms with Gasteiger partial charge in [-0.1, -0.05) is 152 Å². The highest BCUT2D eigenvalue weighted by atomic mass is 16.3. The van der Waals surface area contributed by atoms with Crippen LogP contribution < -0.4 is 0 Å². The SMILES string of the molecule is c1ccc(-c2ccc(-n3c4ccccc4c4ccc5c6c7oc8ccccc8c7ccc6n(-c6nc(-c7ccccc7)c7c(ccc8ccccc87)n6)c5c43)cc2)cc1. The Kier molecular flexibility index (Phi) is 6.66. The fourth-order valence-electron chi connectivity index (χ4n) is 9.52. The third-order valence-corrected chi connectivity index (χ3v) is 12.1. The molecule has 0 saturated carbocycles. The second kappa shape index (κ2) is 12.2. The predicted molar refractivity (Wildman–Crippen MR) is 244 cm³/mol. The van der Waals surface area contributed by atoms with Crippen LogP contribution >= 0.6 is 0 Å². The minimum Gasteiger partial charge on any atom is -0.455 e. The fraction of sp³-hybridized carbons (Fsp3) is 0. The van der Waals surface area contributed by atoms with Gasteiger partial charge < -0.3 is 8.98 Å². The molecule has 0 saturated heterocycles. The highest BCUT2D eigenvalue weighted by molar-refractivity contribution is 6.29. The second-order valence-corrected chi connectivity index (χ2v) is 15.3. The molecule has 0 spiro atoms. The van der Waals surface area contributed by atoms with Gasteiger partial charge in [0.15, 0.2) is 0 Å². The molecular weight excluding hydrogens is 721 g/mol. The number of fused-ring (bicyclic) bond motifs is 14. The van der Waals surface area contributed by atoms with Gasteiger partial charge in [-0.3, -0.25) is 4.57 Å². The van der Waals surface area contributed by atoms with E-state index in [0.717, 1.165) is 98.8 Å². The summed E-state index contributed by atoms with van der Waals surface area (Å²) in [7, 11) is 0. The van der Waals surface area contributed by atoms with Crippen molar-refractivity contribution in [2.45, 2.75) is 0 Å². The summed E-state index contributed by atoms with van der Waals surface area (Å²) in [5.74, 6) is 0.603. The van der Waals surface area contributed by atoms with Gasteiger partial charge in [-0.25, -0.2) is 9.97 Å². The van der Waals surface area contributed by atoms with Crippen LogP contribution in [0.4, 0.5) is 0 Å².